The van der Waals surface area contributed by atoms with Crippen LogP contribution in [0.3, 0.4) is 0 Å². The van der Waals surface area contributed by atoms with E-state index in [1.807, 2.05) is 0 Å². The Morgan fingerprint density at radius 1 is 1.56 bits per heavy atom. The second kappa shape index (κ2) is 4.38. The van der Waals surface area contributed by atoms with Crippen molar-refractivity contribution in [1.82, 2.24) is 4.57 Å². The molecular formula is C13H17N3OS. The van der Waals surface area contributed by atoms with E-state index < -0.39 is 0 Å². The Balaban J connectivity index is 2.71. The van der Waals surface area contributed by atoms with Gasteiger partial charge in [0.25, 0.3) is 0 Å². The van der Waals surface area contributed by atoms with Crippen LogP contribution in [0, 0.1) is 16.0 Å². The lowest BCUT2D eigenvalue weighted by Gasteiger charge is -2.35. The fourth-order valence-corrected chi connectivity index (χ4v) is 2.56. The van der Waals surface area contributed by atoms with Gasteiger partial charge >= 0.3 is 0 Å². The van der Waals surface area contributed by atoms with Gasteiger partial charge in [-0.25, -0.2) is 0 Å². The molecule has 0 bridgehead atoms. The van der Waals surface area contributed by atoms with Crippen molar-refractivity contribution >= 4 is 18.0 Å². The second-order valence-corrected chi connectivity index (χ2v) is 5.35. The average molecular weight is 263 g/mol. The van der Waals surface area contributed by atoms with E-state index in [9.17, 15) is 5.26 Å². The van der Waals surface area contributed by atoms with Crippen LogP contribution in [0.15, 0.2) is 0 Å². The number of pyridine rings is 1. The zero-order valence-electron chi connectivity index (χ0n) is 10.9. The van der Waals surface area contributed by atoms with Gasteiger partial charge < -0.3 is 15.0 Å². The summed E-state index contributed by atoms with van der Waals surface area (Å²) in [5.74, 6) is 0.446. The van der Waals surface area contributed by atoms with Crippen LogP contribution >= 0.6 is 12.2 Å². The van der Waals surface area contributed by atoms with Crippen molar-refractivity contribution in [3.8, 4) is 6.07 Å². The van der Waals surface area contributed by atoms with Crippen LogP contribution < -0.4 is 5.73 Å². The molecule has 0 saturated carbocycles. The Labute approximate surface area is 112 Å². The zero-order valence-corrected chi connectivity index (χ0v) is 11.7. The lowest BCUT2D eigenvalue weighted by Crippen LogP contribution is -2.36. The monoisotopic (exact) mass is 263 g/mol. The standard InChI is InChI=1S/C13H17N3OS/c1-4-13(2)5-8-9(6-14)11(15)16(3)12(18)10(8)7-17-13/h4-5,7,15H2,1-3H3. The SMILES string of the molecule is CCC1(C)Cc2c(C#N)c(N)n(C)c(=S)c2CO1. The number of hydrogen-bond donors (Lipinski definition) is 1. The molecule has 96 valence electrons. The lowest BCUT2D eigenvalue weighted by molar-refractivity contribution is -0.0568. The number of hydrogen-bond acceptors (Lipinski definition) is 4. The van der Waals surface area contributed by atoms with Crippen LogP contribution in [0.1, 0.15) is 37.0 Å². The minimum atomic E-state index is -0.229. The topological polar surface area (TPSA) is 64.0 Å². The first-order valence-corrected chi connectivity index (χ1v) is 6.38. The van der Waals surface area contributed by atoms with Crippen molar-refractivity contribution in [2.45, 2.75) is 38.9 Å². The molecule has 18 heavy (non-hydrogen) atoms. The van der Waals surface area contributed by atoms with Crippen molar-refractivity contribution < 1.29 is 4.74 Å². The normalized spacial score (nSPS) is 22.3. The van der Waals surface area contributed by atoms with Gasteiger partial charge in [-0.05, 0) is 18.9 Å². The molecule has 1 aliphatic rings. The first-order chi connectivity index (χ1) is 8.43. The van der Waals surface area contributed by atoms with E-state index >= 15 is 0 Å². The zero-order chi connectivity index (χ0) is 13.5. The predicted octanol–water partition coefficient (Wildman–Crippen LogP) is 2.45. The van der Waals surface area contributed by atoms with Crippen molar-refractivity contribution in [2.75, 3.05) is 5.73 Å². The highest BCUT2D eigenvalue weighted by Crippen LogP contribution is 2.34. The molecule has 0 aromatic carbocycles. The van der Waals surface area contributed by atoms with Crippen LogP contribution in [0.4, 0.5) is 5.82 Å². The number of nitrogen functional groups attached to an aromatic ring is 1. The first-order valence-electron chi connectivity index (χ1n) is 5.97. The summed E-state index contributed by atoms with van der Waals surface area (Å²) in [4.78, 5) is 0. The largest absolute Gasteiger partial charge is 0.384 e. The summed E-state index contributed by atoms with van der Waals surface area (Å²) in [5, 5.41) is 9.31. The lowest BCUT2D eigenvalue weighted by atomic mass is 9.87. The molecule has 4 nitrogen and oxygen atoms in total. The van der Waals surface area contributed by atoms with Gasteiger partial charge in [-0.15, -0.1) is 0 Å². The maximum atomic E-state index is 9.31. The molecule has 2 N–H and O–H groups in total. The molecule has 0 amide bonds. The quantitative estimate of drug-likeness (QED) is 0.790. The minimum absolute atomic E-state index is 0.229. The van der Waals surface area contributed by atoms with Gasteiger partial charge in [-0.1, -0.05) is 19.1 Å². The summed E-state index contributed by atoms with van der Waals surface area (Å²) in [7, 11) is 1.78. The highest BCUT2D eigenvalue weighted by atomic mass is 32.1. The molecule has 0 fully saturated rings. The molecule has 0 spiro atoms. The molecule has 2 rings (SSSR count). The number of nitriles is 1. The van der Waals surface area contributed by atoms with Gasteiger partial charge in [0.1, 0.15) is 16.5 Å². The van der Waals surface area contributed by atoms with E-state index in [0.717, 1.165) is 17.5 Å². The van der Waals surface area contributed by atoms with E-state index in [1.54, 1.807) is 11.6 Å². The van der Waals surface area contributed by atoms with Gasteiger partial charge in [0.2, 0.25) is 0 Å². The molecule has 0 aliphatic carbocycles. The van der Waals surface area contributed by atoms with Crippen molar-refractivity contribution in [3.63, 3.8) is 0 Å². The Kier molecular flexibility index (Phi) is 3.18. The molecular weight excluding hydrogens is 246 g/mol. The molecule has 5 heteroatoms. The average Bonchev–Trinajstić information content (AvgIpc) is 2.37. The third-order valence-corrected chi connectivity index (χ3v) is 4.34. The Morgan fingerprint density at radius 2 is 2.22 bits per heavy atom. The number of aromatic nitrogens is 1. The summed E-state index contributed by atoms with van der Waals surface area (Å²) >= 11 is 5.38. The maximum absolute atomic E-state index is 9.31. The predicted molar refractivity (Wildman–Crippen MR) is 72.6 cm³/mol. The summed E-state index contributed by atoms with van der Waals surface area (Å²) < 4.78 is 8.24. The fraction of sp³-hybridized carbons (Fsp3) is 0.538. The van der Waals surface area contributed by atoms with E-state index in [0.29, 0.717) is 29.0 Å². The van der Waals surface area contributed by atoms with E-state index in [2.05, 4.69) is 19.9 Å². The molecule has 1 aliphatic heterocycles. The van der Waals surface area contributed by atoms with Crippen LogP contribution in [0.2, 0.25) is 0 Å². The number of anilines is 1. The van der Waals surface area contributed by atoms with Gasteiger partial charge in [0.15, 0.2) is 0 Å². The molecule has 2 heterocycles. The van der Waals surface area contributed by atoms with Gasteiger partial charge in [-0.3, -0.25) is 0 Å². The molecule has 1 aromatic heterocycles. The number of nitrogens with two attached hydrogens (primary N) is 1. The van der Waals surface area contributed by atoms with Gasteiger partial charge in [-0.2, -0.15) is 5.26 Å². The van der Waals surface area contributed by atoms with Crippen LogP contribution in [0.25, 0.3) is 0 Å². The highest BCUT2D eigenvalue weighted by molar-refractivity contribution is 7.71. The van der Waals surface area contributed by atoms with Gasteiger partial charge in [0.05, 0.1) is 17.8 Å². The van der Waals surface area contributed by atoms with E-state index in [-0.39, 0.29) is 5.60 Å². The summed E-state index contributed by atoms with van der Waals surface area (Å²) in [5.41, 5.74) is 8.20. The smallest absolute Gasteiger partial charge is 0.122 e. The van der Waals surface area contributed by atoms with Crippen molar-refractivity contribution in [3.05, 3.63) is 21.3 Å². The maximum Gasteiger partial charge on any atom is 0.122 e. The van der Waals surface area contributed by atoms with E-state index in [4.69, 9.17) is 22.7 Å². The fourth-order valence-electron chi connectivity index (χ4n) is 2.28. The Morgan fingerprint density at radius 3 is 2.78 bits per heavy atom. The first kappa shape index (κ1) is 13.1. The number of nitrogens with zero attached hydrogens (tertiary/aromatic N) is 2. The molecule has 1 aromatic rings. The molecule has 0 radical (unpaired) electrons. The third kappa shape index (κ3) is 1.82. The second-order valence-electron chi connectivity index (χ2n) is 4.96. The van der Waals surface area contributed by atoms with Crippen molar-refractivity contribution in [1.29, 1.82) is 5.26 Å². The Bertz CT molecular complexity index is 600. The number of rotatable bonds is 1. The summed E-state index contributed by atoms with van der Waals surface area (Å²) in [6.07, 6.45) is 1.58. The highest BCUT2D eigenvalue weighted by Gasteiger charge is 2.32. The number of fused-ring (bicyclic) bond motifs is 1. The van der Waals surface area contributed by atoms with Crippen LogP contribution in [-0.4, -0.2) is 10.2 Å². The van der Waals surface area contributed by atoms with Crippen LogP contribution in [0.5, 0.6) is 0 Å². The number of ether oxygens (including phenoxy) is 1. The van der Waals surface area contributed by atoms with Crippen molar-refractivity contribution in [2.24, 2.45) is 7.05 Å². The third-order valence-electron chi connectivity index (χ3n) is 3.82. The Hall–Kier alpha value is -1.38. The van der Waals surface area contributed by atoms with Crippen LogP contribution in [-0.2, 0) is 24.8 Å². The molecule has 1 unspecified atom stereocenters. The minimum Gasteiger partial charge on any atom is -0.384 e. The summed E-state index contributed by atoms with van der Waals surface area (Å²) in [6.45, 7) is 4.60. The van der Waals surface area contributed by atoms with E-state index in [1.165, 1.54) is 0 Å². The summed E-state index contributed by atoms with van der Waals surface area (Å²) in [6, 6.07) is 2.21. The van der Waals surface area contributed by atoms with Gasteiger partial charge in [0, 0.05) is 19.0 Å². The molecule has 1 atom stereocenters. The molecule has 0 saturated heterocycles.